The fraction of sp³-hybridized carbons (Fsp3) is 0.647. The number of aryl methyl sites for hydroxylation is 2. The second-order valence-electron chi connectivity index (χ2n) is 5.88. The molecule has 0 aromatic heterocycles. The van der Waals surface area contributed by atoms with Gasteiger partial charge >= 0.3 is 0 Å². The second kappa shape index (κ2) is 6.53. The summed E-state index contributed by atoms with van der Waals surface area (Å²) >= 11 is 0. The number of nitrogens with one attached hydrogen (secondary N) is 1. The number of hydrogen-bond acceptors (Lipinski definition) is 2. The molecule has 1 saturated heterocycles. The Morgan fingerprint density at radius 1 is 1.16 bits per heavy atom. The highest BCUT2D eigenvalue weighted by atomic mass is 15.2. The van der Waals surface area contributed by atoms with E-state index in [-0.39, 0.29) is 0 Å². The molecular formula is C17H28N2. The van der Waals surface area contributed by atoms with Gasteiger partial charge in [-0.15, -0.1) is 0 Å². The molecule has 2 atom stereocenters. The Morgan fingerprint density at radius 3 is 2.42 bits per heavy atom. The molecule has 106 valence electrons. The van der Waals surface area contributed by atoms with E-state index in [2.05, 4.69) is 56.1 Å². The van der Waals surface area contributed by atoms with Crippen LogP contribution in [0.5, 0.6) is 0 Å². The van der Waals surface area contributed by atoms with Crippen molar-refractivity contribution in [3.8, 4) is 0 Å². The average Bonchev–Trinajstić information content (AvgIpc) is 2.42. The minimum absolute atomic E-state index is 0.659. The van der Waals surface area contributed by atoms with E-state index < -0.39 is 0 Å². The first-order valence-corrected chi connectivity index (χ1v) is 7.68. The lowest BCUT2D eigenvalue weighted by atomic mass is 9.99. The van der Waals surface area contributed by atoms with E-state index in [0.717, 1.165) is 13.1 Å². The van der Waals surface area contributed by atoms with Crippen molar-refractivity contribution >= 4 is 0 Å². The number of rotatable bonds is 4. The molecule has 1 heterocycles. The average molecular weight is 260 g/mol. The van der Waals surface area contributed by atoms with Crippen molar-refractivity contribution in [3.63, 3.8) is 0 Å². The quantitative estimate of drug-likeness (QED) is 0.894. The zero-order valence-corrected chi connectivity index (χ0v) is 12.9. The summed E-state index contributed by atoms with van der Waals surface area (Å²) in [5.74, 6) is 0. The lowest BCUT2D eigenvalue weighted by molar-refractivity contribution is 0.117. The van der Waals surface area contributed by atoms with Crippen LogP contribution in [0, 0.1) is 13.8 Å². The molecule has 0 radical (unpaired) electrons. The molecule has 0 spiro atoms. The van der Waals surface area contributed by atoms with E-state index in [4.69, 9.17) is 0 Å². The molecule has 19 heavy (non-hydrogen) atoms. The smallest absolute Gasteiger partial charge is 0.0243 e. The zero-order chi connectivity index (χ0) is 13.8. The predicted octanol–water partition coefficient (Wildman–Crippen LogP) is 3.27. The summed E-state index contributed by atoms with van der Waals surface area (Å²) in [6, 6.07) is 7.98. The molecule has 1 N–H and O–H groups in total. The molecule has 1 aromatic carbocycles. The van der Waals surface area contributed by atoms with Gasteiger partial charge in [-0.1, -0.05) is 32.0 Å². The van der Waals surface area contributed by atoms with Crippen LogP contribution >= 0.6 is 0 Å². The highest BCUT2D eigenvalue weighted by Gasteiger charge is 2.26. The van der Waals surface area contributed by atoms with Crippen LogP contribution in [0.25, 0.3) is 0 Å². The van der Waals surface area contributed by atoms with Gasteiger partial charge in [-0.3, -0.25) is 4.90 Å². The van der Waals surface area contributed by atoms with Crippen molar-refractivity contribution in [3.05, 3.63) is 34.9 Å². The maximum Gasteiger partial charge on any atom is 0.0243 e. The van der Waals surface area contributed by atoms with Gasteiger partial charge in [-0.05, 0) is 43.4 Å². The van der Waals surface area contributed by atoms with Gasteiger partial charge < -0.3 is 5.32 Å². The van der Waals surface area contributed by atoms with Crippen LogP contribution in [0.1, 0.15) is 43.4 Å². The SMILES string of the molecule is CCC1CN(Cc2c(C)cccc2C)C(CC)CN1. The first-order valence-electron chi connectivity index (χ1n) is 7.68. The molecule has 0 saturated carbocycles. The molecule has 0 aliphatic carbocycles. The molecule has 0 bridgehead atoms. The Balaban J connectivity index is 2.14. The monoisotopic (exact) mass is 260 g/mol. The van der Waals surface area contributed by atoms with Crippen molar-refractivity contribution < 1.29 is 0 Å². The topological polar surface area (TPSA) is 15.3 Å². The molecule has 2 heteroatoms. The van der Waals surface area contributed by atoms with Gasteiger partial charge in [0, 0.05) is 31.7 Å². The summed E-state index contributed by atoms with van der Waals surface area (Å²) in [6.45, 7) is 12.5. The lowest BCUT2D eigenvalue weighted by Gasteiger charge is -2.40. The number of hydrogen-bond donors (Lipinski definition) is 1. The number of nitrogens with zero attached hydrogens (tertiary/aromatic N) is 1. The zero-order valence-electron chi connectivity index (χ0n) is 12.9. The maximum absolute atomic E-state index is 3.67. The summed E-state index contributed by atoms with van der Waals surface area (Å²) in [5.41, 5.74) is 4.39. The van der Waals surface area contributed by atoms with E-state index >= 15 is 0 Å². The molecule has 2 rings (SSSR count). The van der Waals surface area contributed by atoms with Crippen LogP contribution in [0.15, 0.2) is 18.2 Å². The van der Waals surface area contributed by atoms with Crippen molar-refractivity contribution in [1.29, 1.82) is 0 Å². The standard InChI is InChI=1S/C17H28N2/c1-5-15-11-19(16(6-2)10-18-15)12-17-13(3)8-7-9-14(17)4/h7-9,15-16,18H,5-6,10-12H2,1-4H3. The van der Waals surface area contributed by atoms with Crippen LogP contribution < -0.4 is 5.32 Å². The van der Waals surface area contributed by atoms with Crippen molar-refractivity contribution in [2.24, 2.45) is 0 Å². The third kappa shape index (κ3) is 3.37. The molecule has 0 amide bonds. The third-order valence-corrected chi connectivity index (χ3v) is 4.58. The Bertz CT molecular complexity index is 393. The van der Waals surface area contributed by atoms with Gasteiger partial charge in [-0.25, -0.2) is 0 Å². The van der Waals surface area contributed by atoms with Crippen molar-refractivity contribution in [2.75, 3.05) is 13.1 Å². The number of benzene rings is 1. The van der Waals surface area contributed by atoms with Gasteiger partial charge in [0.25, 0.3) is 0 Å². The minimum Gasteiger partial charge on any atom is -0.311 e. The van der Waals surface area contributed by atoms with E-state index in [1.807, 2.05) is 0 Å². The van der Waals surface area contributed by atoms with E-state index in [1.54, 1.807) is 0 Å². The van der Waals surface area contributed by atoms with Crippen molar-refractivity contribution in [1.82, 2.24) is 10.2 Å². The fourth-order valence-corrected chi connectivity index (χ4v) is 3.10. The van der Waals surface area contributed by atoms with Gasteiger partial charge in [0.05, 0.1) is 0 Å². The normalized spacial score (nSPS) is 24.6. The Morgan fingerprint density at radius 2 is 1.84 bits per heavy atom. The van der Waals surface area contributed by atoms with Gasteiger partial charge in [0.2, 0.25) is 0 Å². The molecule has 1 aliphatic heterocycles. The first kappa shape index (κ1) is 14.5. The van der Waals surface area contributed by atoms with Crippen LogP contribution in [-0.2, 0) is 6.54 Å². The summed E-state index contributed by atoms with van der Waals surface area (Å²) in [7, 11) is 0. The van der Waals surface area contributed by atoms with Crippen molar-refractivity contribution in [2.45, 2.75) is 59.2 Å². The van der Waals surface area contributed by atoms with Crippen LogP contribution in [-0.4, -0.2) is 30.1 Å². The first-order chi connectivity index (χ1) is 9.15. The number of piperazine rings is 1. The van der Waals surface area contributed by atoms with Crippen LogP contribution in [0.3, 0.4) is 0 Å². The predicted molar refractivity (Wildman–Crippen MR) is 82.5 cm³/mol. The summed E-state index contributed by atoms with van der Waals surface area (Å²) in [6.07, 6.45) is 2.45. The molecule has 1 fully saturated rings. The molecule has 2 unspecified atom stereocenters. The van der Waals surface area contributed by atoms with E-state index in [0.29, 0.717) is 12.1 Å². The highest BCUT2D eigenvalue weighted by molar-refractivity contribution is 5.33. The molecule has 1 aromatic rings. The van der Waals surface area contributed by atoms with Crippen LogP contribution in [0.2, 0.25) is 0 Å². The fourth-order valence-electron chi connectivity index (χ4n) is 3.10. The molecular weight excluding hydrogens is 232 g/mol. The van der Waals surface area contributed by atoms with Gasteiger partial charge in [0.1, 0.15) is 0 Å². The third-order valence-electron chi connectivity index (χ3n) is 4.58. The Hall–Kier alpha value is -0.860. The summed E-state index contributed by atoms with van der Waals surface area (Å²) < 4.78 is 0. The van der Waals surface area contributed by atoms with Crippen LogP contribution in [0.4, 0.5) is 0 Å². The maximum atomic E-state index is 3.67. The van der Waals surface area contributed by atoms with Gasteiger partial charge in [0.15, 0.2) is 0 Å². The summed E-state index contributed by atoms with van der Waals surface area (Å²) in [4.78, 5) is 2.68. The minimum atomic E-state index is 0.659. The molecule has 1 aliphatic rings. The highest BCUT2D eigenvalue weighted by Crippen LogP contribution is 2.20. The van der Waals surface area contributed by atoms with E-state index in [1.165, 1.54) is 36.1 Å². The Labute approximate surface area is 118 Å². The Kier molecular flexibility index (Phi) is 5.00. The second-order valence-corrected chi connectivity index (χ2v) is 5.88. The lowest BCUT2D eigenvalue weighted by Crippen LogP contribution is -2.55. The molecule has 2 nitrogen and oxygen atoms in total. The summed E-state index contributed by atoms with van der Waals surface area (Å²) in [5, 5.41) is 3.67. The van der Waals surface area contributed by atoms with E-state index in [9.17, 15) is 0 Å². The largest absolute Gasteiger partial charge is 0.311 e. The van der Waals surface area contributed by atoms with Gasteiger partial charge in [-0.2, -0.15) is 0 Å².